The SMILES string of the molecule is CC(C)c1c(C(=O)O)nnn1Cc1cccc(C(F)(F)F)c1. The van der Waals surface area contributed by atoms with Gasteiger partial charge in [-0.05, 0) is 23.6 Å². The molecule has 2 aromatic rings. The van der Waals surface area contributed by atoms with Crippen molar-refractivity contribution in [2.24, 2.45) is 0 Å². The zero-order chi connectivity index (χ0) is 16.5. The number of carboxylic acids is 1. The van der Waals surface area contributed by atoms with E-state index in [9.17, 15) is 18.0 Å². The van der Waals surface area contributed by atoms with Gasteiger partial charge in [-0.15, -0.1) is 5.10 Å². The fourth-order valence-electron chi connectivity index (χ4n) is 2.18. The largest absolute Gasteiger partial charge is 0.476 e. The highest BCUT2D eigenvalue weighted by Crippen LogP contribution is 2.30. The van der Waals surface area contributed by atoms with E-state index in [4.69, 9.17) is 5.11 Å². The van der Waals surface area contributed by atoms with Crippen molar-refractivity contribution in [2.75, 3.05) is 0 Å². The molecule has 0 bridgehead atoms. The van der Waals surface area contributed by atoms with Gasteiger partial charge in [-0.2, -0.15) is 13.2 Å². The second kappa shape index (κ2) is 5.78. The summed E-state index contributed by atoms with van der Waals surface area (Å²) in [6.07, 6.45) is -4.43. The maximum Gasteiger partial charge on any atom is 0.416 e. The van der Waals surface area contributed by atoms with Crippen LogP contribution in [0.3, 0.4) is 0 Å². The first-order chi connectivity index (χ1) is 10.2. The number of aromatic carboxylic acids is 1. The van der Waals surface area contributed by atoms with Crippen LogP contribution in [-0.2, 0) is 12.7 Å². The summed E-state index contributed by atoms with van der Waals surface area (Å²) >= 11 is 0. The van der Waals surface area contributed by atoms with Gasteiger partial charge >= 0.3 is 12.1 Å². The van der Waals surface area contributed by atoms with E-state index >= 15 is 0 Å². The third-order valence-electron chi connectivity index (χ3n) is 3.11. The Balaban J connectivity index is 2.38. The molecule has 1 aromatic heterocycles. The van der Waals surface area contributed by atoms with Crippen LogP contribution in [0.2, 0.25) is 0 Å². The van der Waals surface area contributed by atoms with Crippen LogP contribution in [0.1, 0.15) is 47.1 Å². The lowest BCUT2D eigenvalue weighted by molar-refractivity contribution is -0.137. The normalized spacial score (nSPS) is 11.9. The average Bonchev–Trinajstić information content (AvgIpc) is 2.82. The van der Waals surface area contributed by atoms with Gasteiger partial charge in [0.25, 0.3) is 0 Å². The number of aromatic nitrogens is 3. The standard InChI is InChI=1S/C14H14F3N3O2/c1-8(2)12-11(13(21)22)18-19-20(12)7-9-4-3-5-10(6-9)14(15,16)17/h3-6,8H,7H2,1-2H3,(H,21,22). The number of hydrogen-bond donors (Lipinski definition) is 1. The van der Waals surface area contributed by atoms with Gasteiger partial charge < -0.3 is 5.11 Å². The van der Waals surface area contributed by atoms with Gasteiger partial charge in [0.05, 0.1) is 17.8 Å². The second-order valence-electron chi connectivity index (χ2n) is 5.14. The molecule has 0 aliphatic carbocycles. The minimum Gasteiger partial charge on any atom is -0.476 e. The van der Waals surface area contributed by atoms with Crippen molar-refractivity contribution in [3.63, 3.8) is 0 Å². The molecule has 0 unspecified atom stereocenters. The molecule has 1 heterocycles. The first-order valence-electron chi connectivity index (χ1n) is 6.53. The van der Waals surface area contributed by atoms with Gasteiger partial charge in [0.15, 0.2) is 5.69 Å². The lowest BCUT2D eigenvalue weighted by Gasteiger charge is -2.12. The Morgan fingerprint density at radius 1 is 1.36 bits per heavy atom. The maximum atomic E-state index is 12.7. The summed E-state index contributed by atoms with van der Waals surface area (Å²) in [5.74, 6) is -1.38. The summed E-state index contributed by atoms with van der Waals surface area (Å²) in [5.41, 5.74) is -0.180. The Bertz CT molecular complexity index is 693. The molecule has 1 aromatic carbocycles. The fourth-order valence-corrected chi connectivity index (χ4v) is 2.18. The van der Waals surface area contributed by atoms with Crippen molar-refractivity contribution < 1.29 is 23.1 Å². The van der Waals surface area contributed by atoms with Gasteiger partial charge in [-0.25, -0.2) is 9.48 Å². The molecule has 0 saturated carbocycles. The highest BCUT2D eigenvalue weighted by molar-refractivity contribution is 5.86. The second-order valence-corrected chi connectivity index (χ2v) is 5.14. The van der Waals surface area contributed by atoms with Crippen LogP contribution in [0.4, 0.5) is 13.2 Å². The predicted molar refractivity (Wildman–Crippen MR) is 71.6 cm³/mol. The van der Waals surface area contributed by atoms with Crippen molar-refractivity contribution in [1.29, 1.82) is 0 Å². The number of carboxylic acid groups (broad SMARTS) is 1. The number of rotatable bonds is 4. The molecule has 0 spiro atoms. The van der Waals surface area contributed by atoms with Crippen LogP contribution in [0, 0.1) is 0 Å². The van der Waals surface area contributed by atoms with Gasteiger partial charge in [0, 0.05) is 0 Å². The molecule has 0 aliphatic heterocycles. The molecule has 2 rings (SSSR count). The molecular weight excluding hydrogens is 299 g/mol. The van der Waals surface area contributed by atoms with Crippen molar-refractivity contribution in [2.45, 2.75) is 32.5 Å². The van der Waals surface area contributed by atoms with E-state index in [0.717, 1.165) is 12.1 Å². The van der Waals surface area contributed by atoms with E-state index in [1.165, 1.54) is 16.8 Å². The summed E-state index contributed by atoms with van der Waals surface area (Å²) in [6, 6.07) is 4.84. The predicted octanol–water partition coefficient (Wildman–Crippen LogP) is 3.17. The summed E-state index contributed by atoms with van der Waals surface area (Å²) < 4.78 is 39.5. The smallest absolute Gasteiger partial charge is 0.416 e. The Kier molecular flexibility index (Phi) is 4.20. The van der Waals surface area contributed by atoms with E-state index in [2.05, 4.69) is 10.3 Å². The Morgan fingerprint density at radius 3 is 2.59 bits per heavy atom. The molecule has 118 valence electrons. The zero-order valence-electron chi connectivity index (χ0n) is 11.9. The molecule has 1 N–H and O–H groups in total. The minimum absolute atomic E-state index is 0.0255. The van der Waals surface area contributed by atoms with E-state index in [-0.39, 0.29) is 18.2 Å². The molecule has 5 nitrogen and oxygen atoms in total. The number of carbonyl (C=O) groups is 1. The average molecular weight is 313 g/mol. The van der Waals surface area contributed by atoms with Gasteiger partial charge in [0.1, 0.15) is 0 Å². The molecule has 8 heteroatoms. The fraction of sp³-hybridized carbons (Fsp3) is 0.357. The van der Waals surface area contributed by atoms with Crippen molar-refractivity contribution in [3.05, 3.63) is 46.8 Å². The van der Waals surface area contributed by atoms with Crippen molar-refractivity contribution in [3.8, 4) is 0 Å². The molecule has 0 atom stereocenters. The Hall–Kier alpha value is -2.38. The topological polar surface area (TPSA) is 68.0 Å². The van der Waals surface area contributed by atoms with Gasteiger partial charge in [0.2, 0.25) is 0 Å². The quantitative estimate of drug-likeness (QED) is 0.941. The molecule has 0 fully saturated rings. The van der Waals surface area contributed by atoms with Crippen LogP contribution in [0.5, 0.6) is 0 Å². The minimum atomic E-state index is -4.43. The monoisotopic (exact) mass is 313 g/mol. The first-order valence-corrected chi connectivity index (χ1v) is 6.53. The van der Waals surface area contributed by atoms with E-state index in [0.29, 0.717) is 11.3 Å². The molecule has 0 saturated heterocycles. The molecule has 0 amide bonds. The third kappa shape index (κ3) is 3.26. The van der Waals surface area contributed by atoms with Crippen LogP contribution < -0.4 is 0 Å². The van der Waals surface area contributed by atoms with Gasteiger partial charge in [-0.3, -0.25) is 0 Å². The van der Waals surface area contributed by atoms with Crippen LogP contribution >= 0.6 is 0 Å². The summed E-state index contributed by atoms with van der Waals surface area (Å²) in [5, 5.41) is 16.4. The third-order valence-corrected chi connectivity index (χ3v) is 3.11. The van der Waals surface area contributed by atoms with Crippen LogP contribution in [0.15, 0.2) is 24.3 Å². The zero-order valence-corrected chi connectivity index (χ0v) is 11.9. The molecular formula is C14H14F3N3O2. The first kappa shape index (κ1) is 16.0. The number of alkyl halides is 3. The van der Waals surface area contributed by atoms with Crippen molar-refractivity contribution in [1.82, 2.24) is 15.0 Å². The number of halogens is 3. The lowest BCUT2D eigenvalue weighted by Crippen LogP contribution is -2.12. The van der Waals surface area contributed by atoms with E-state index in [1.54, 1.807) is 13.8 Å². The number of nitrogens with zero attached hydrogens (tertiary/aromatic N) is 3. The van der Waals surface area contributed by atoms with E-state index in [1.807, 2.05) is 0 Å². The summed E-state index contributed by atoms with van der Waals surface area (Å²) in [6.45, 7) is 3.57. The number of hydrogen-bond acceptors (Lipinski definition) is 3. The van der Waals surface area contributed by atoms with Crippen LogP contribution in [-0.4, -0.2) is 26.1 Å². The summed E-state index contributed by atoms with van der Waals surface area (Å²) in [4.78, 5) is 11.1. The Morgan fingerprint density at radius 2 is 2.05 bits per heavy atom. The highest BCUT2D eigenvalue weighted by Gasteiger charge is 2.30. The van der Waals surface area contributed by atoms with E-state index < -0.39 is 17.7 Å². The lowest BCUT2D eigenvalue weighted by atomic mass is 10.1. The Labute approximate surface area is 124 Å². The van der Waals surface area contributed by atoms with Gasteiger partial charge in [-0.1, -0.05) is 31.2 Å². The molecule has 0 aliphatic rings. The van der Waals surface area contributed by atoms with Crippen LogP contribution in [0.25, 0.3) is 0 Å². The number of benzene rings is 1. The molecule has 22 heavy (non-hydrogen) atoms. The highest BCUT2D eigenvalue weighted by atomic mass is 19.4. The summed E-state index contributed by atoms with van der Waals surface area (Å²) in [7, 11) is 0. The maximum absolute atomic E-state index is 12.7. The van der Waals surface area contributed by atoms with Crippen molar-refractivity contribution >= 4 is 5.97 Å². The molecule has 0 radical (unpaired) electrons.